The Labute approximate surface area is 143 Å². The van der Waals surface area contributed by atoms with Gasteiger partial charge < -0.3 is 10.1 Å². The zero-order valence-corrected chi connectivity index (χ0v) is 14.5. The van der Waals surface area contributed by atoms with Crippen LogP contribution in [0.2, 0.25) is 0 Å². The predicted molar refractivity (Wildman–Crippen MR) is 94.0 cm³/mol. The lowest BCUT2D eigenvalue weighted by Crippen LogP contribution is -2.21. The molecule has 1 amide bonds. The first kappa shape index (κ1) is 16.5. The molecule has 0 spiro atoms. The van der Waals surface area contributed by atoms with Gasteiger partial charge in [-0.1, -0.05) is 29.8 Å². The Kier molecular flexibility index (Phi) is 5.54. The first-order valence-electron chi connectivity index (χ1n) is 6.76. The van der Waals surface area contributed by atoms with Gasteiger partial charge in [-0.15, -0.1) is 0 Å². The molecule has 0 unspecified atom stereocenters. The maximum Gasteiger partial charge on any atom is 0.339 e. The molecule has 5 heteroatoms. The number of anilines is 1. The van der Waals surface area contributed by atoms with Crippen LogP contribution in [-0.2, 0) is 9.53 Å². The van der Waals surface area contributed by atoms with Gasteiger partial charge in [-0.2, -0.15) is 0 Å². The van der Waals surface area contributed by atoms with Crippen LogP contribution in [0.4, 0.5) is 5.69 Å². The van der Waals surface area contributed by atoms with Gasteiger partial charge in [0, 0.05) is 9.26 Å². The fourth-order valence-corrected chi connectivity index (χ4v) is 2.58. The molecule has 0 saturated carbocycles. The lowest BCUT2D eigenvalue weighted by molar-refractivity contribution is -0.119. The van der Waals surface area contributed by atoms with Crippen LogP contribution in [0.15, 0.2) is 42.5 Å². The van der Waals surface area contributed by atoms with Crippen LogP contribution in [-0.4, -0.2) is 18.5 Å². The Balaban J connectivity index is 1.93. The molecule has 0 aliphatic carbocycles. The average Bonchev–Trinajstić information content (AvgIpc) is 2.48. The molecule has 1 N–H and O–H groups in total. The van der Waals surface area contributed by atoms with E-state index in [4.69, 9.17) is 4.74 Å². The lowest BCUT2D eigenvalue weighted by atomic mass is 10.1. The summed E-state index contributed by atoms with van der Waals surface area (Å²) in [6, 6.07) is 12.8. The Morgan fingerprint density at radius 1 is 1.14 bits per heavy atom. The van der Waals surface area contributed by atoms with Gasteiger partial charge in [-0.3, -0.25) is 4.79 Å². The van der Waals surface area contributed by atoms with E-state index in [9.17, 15) is 9.59 Å². The van der Waals surface area contributed by atoms with Crippen LogP contribution in [0.5, 0.6) is 0 Å². The highest BCUT2D eigenvalue weighted by atomic mass is 127. The maximum absolute atomic E-state index is 11.9. The van der Waals surface area contributed by atoms with E-state index in [0.717, 1.165) is 20.4 Å². The smallest absolute Gasteiger partial charge is 0.339 e. The molecule has 114 valence electrons. The number of nitrogens with one attached hydrogen (secondary N) is 1. The number of hydrogen-bond acceptors (Lipinski definition) is 3. The highest BCUT2D eigenvalue weighted by Crippen LogP contribution is 2.16. The summed E-state index contributed by atoms with van der Waals surface area (Å²) in [5.41, 5.74) is 3.28. The summed E-state index contributed by atoms with van der Waals surface area (Å²) in [6.45, 7) is 3.60. The van der Waals surface area contributed by atoms with Gasteiger partial charge >= 0.3 is 5.97 Å². The average molecular weight is 409 g/mol. The van der Waals surface area contributed by atoms with Gasteiger partial charge in [0.2, 0.25) is 0 Å². The molecule has 0 aliphatic rings. The number of carbonyl (C=O) groups is 2. The zero-order valence-electron chi connectivity index (χ0n) is 12.4. The molecule has 0 aliphatic heterocycles. The van der Waals surface area contributed by atoms with Crippen LogP contribution in [0, 0.1) is 17.4 Å². The van der Waals surface area contributed by atoms with E-state index in [2.05, 4.69) is 27.9 Å². The summed E-state index contributed by atoms with van der Waals surface area (Å²) in [5.74, 6) is -0.855. The molecule has 2 aromatic rings. The first-order valence-corrected chi connectivity index (χ1v) is 7.84. The van der Waals surface area contributed by atoms with E-state index < -0.39 is 5.97 Å². The zero-order chi connectivity index (χ0) is 16.1. The second-order valence-electron chi connectivity index (χ2n) is 4.92. The number of aryl methyl sites for hydroxylation is 2. The molecule has 0 atom stereocenters. The number of halogens is 1. The van der Waals surface area contributed by atoms with Crippen molar-refractivity contribution in [3.8, 4) is 0 Å². The third-order valence-corrected chi connectivity index (χ3v) is 4.02. The van der Waals surface area contributed by atoms with Crippen molar-refractivity contribution < 1.29 is 14.3 Å². The summed E-state index contributed by atoms with van der Waals surface area (Å²) in [7, 11) is 0. The molecule has 2 rings (SSSR count). The monoisotopic (exact) mass is 409 g/mol. The van der Waals surface area contributed by atoms with Gasteiger partial charge in [0.1, 0.15) is 0 Å². The minimum Gasteiger partial charge on any atom is -0.452 e. The Morgan fingerprint density at radius 2 is 1.86 bits per heavy atom. The number of carbonyl (C=O) groups excluding carboxylic acids is 2. The van der Waals surface area contributed by atoms with Crippen LogP contribution in [0.25, 0.3) is 0 Å². The van der Waals surface area contributed by atoms with Crippen molar-refractivity contribution in [3.05, 3.63) is 62.7 Å². The SMILES string of the molecule is Cc1ccc(NC(=O)COC(=O)c2ccccc2I)c(C)c1. The standard InChI is InChI=1S/C17H16INO3/c1-11-7-8-15(12(2)9-11)19-16(20)10-22-17(21)13-5-3-4-6-14(13)18/h3-9H,10H2,1-2H3,(H,19,20). The summed E-state index contributed by atoms with van der Waals surface area (Å²) in [4.78, 5) is 23.8. The maximum atomic E-state index is 11.9. The van der Waals surface area contributed by atoms with Crippen LogP contribution in [0.3, 0.4) is 0 Å². The summed E-state index contributed by atoms with van der Waals surface area (Å²) in [5, 5.41) is 2.74. The topological polar surface area (TPSA) is 55.4 Å². The quantitative estimate of drug-likeness (QED) is 0.619. The molecule has 0 radical (unpaired) electrons. The molecule has 2 aromatic carbocycles. The summed E-state index contributed by atoms with van der Waals surface area (Å²) < 4.78 is 5.84. The Morgan fingerprint density at radius 3 is 2.55 bits per heavy atom. The van der Waals surface area contributed by atoms with E-state index >= 15 is 0 Å². The fraction of sp³-hybridized carbons (Fsp3) is 0.176. The Hall–Kier alpha value is -1.89. The summed E-state index contributed by atoms with van der Waals surface area (Å²) >= 11 is 2.06. The van der Waals surface area contributed by atoms with Crippen LogP contribution in [0.1, 0.15) is 21.5 Å². The minimum absolute atomic E-state index is 0.308. The molecule has 0 heterocycles. The highest BCUT2D eigenvalue weighted by molar-refractivity contribution is 14.1. The third-order valence-electron chi connectivity index (χ3n) is 3.08. The molecular weight excluding hydrogens is 393 g/mol. The second-order valence-corrected chi connectivity index (χ2v) is 6.08. The van der Waals surface area contributed by atoms with E-state index in [-0.39, 0.29) is 12.5 Å². The van der Waals surface area contributed by atoms with Crippen molar-refractivity contribution >= 4 is 40.2 Å². The molecule has 0 aromatic heterocycles. The van der Waals surface area contributed by atoms with Crippen molar-refractivity contribution in [2.45, 2.75) is 13.8 Å². The molecule has 0 saturated heterocycles. The van der Waals surface area contributed by atoms with Gasteiger partial charge in [-0.25, -0.2) is 4.79 Å². The molecular formula is C17H16INO3. The van der Waals surface area contributed by atoms with E-state index in [1.807, 2.05) is 44.2 Å². The van der Waals surface area contributed by atoms with Crippen molar-refractivity contribution in [3.63, 3.8) is 0 Å². The minimum atomic E-state index is -0.499. The number of amides is 1. The van der Waals surface area contributed by atoms with Gasteiger partial charge in [-0.05, 0) is 60.2 Å². The van der Waals surface area contributed by atoms with Crippen molar-refractivity contribution in [2.75, 3.05) is 11.9 Å². The summed E-state index contributed by atoms with van der Waals surface area (Å²) in [6.07, 6.45) is 0. The van der Waals surface area contributed by atoms with Gasteiger partial charge in [0.05, 0.1) is 5.56 Å². The fourth-order valence-electron chi connectivity index (χ4n) is 1.98. The van der Waals surface area contributed by atoms with Crippen molar-refractivity contribution in [2.24, 2.45) is 0 Å². The third kappa shape index (κ3) is 4.30. The molecule has 4 nitrogen and oxygen atoms in total. The number of esters is 1. The number of ether oxygens (including phenoxy) is 1. The van der Waals surface area contributed by atoms with Crippen LogP contribution < -0.4 is 5.32 Å². The number of benzene rings is 2. The lowest BCUT2D eigenvalue weighted by Gasteiger charge is -2.10. The van der Waals surface area contributed by atoms with Gasteiger partial charge in [0.15, 0.2) is 6.61 Å². The van der Waals surface area contributed by atoms with Crippen molar-refractivity contribution in [1.29, 1.82) is 0 Å². The predicted octanol–water partition coefficient (Wildman–Crippen LogP) is 3.70. The van der Waals surface area contributed by atoms with E-state index in [0.29, 0.717) is 5.56 Å². The van der Waals surface area contributed by atoms with Gasteiger partial charge in [0.25, 0.3) is 5.91 Å². The van der Waals surface area contributed by atoms with Crippen molar-refractivity contribution in [1.82, 2.24) is 0 Å². The Bertz CT molecular complexity index is 713. The first-order chi connectivity index (χ1) is 10.5. The van der Waals surface area contributed by atoms with Crippen LogP contribution >= 0.6 is 22.6 Å². The highest BCUT2D eigenvalue weighted by Gasteiger charge is 2.13. The number of hydrogen-bond donors (Lipinski definition) is 1. The van der Waals surface area contributed by atoms with E-state index in [1.165, 1.54) is 0 Å². The van der Waals surface area contributed by atoms with E-state index in [1.54, 1.807) is 12.1 Å². The second kappa shape index (κ2) is 7.40. The number of rotatable bonds is 4. The molecule has 22 heavy (non-hydrogen) atoms. The normalized spacial score (nSPS) is 10.1. The molecule has 0 fully saturated rings. The molecule has 0 bridgehead atoms. The largest absolute Gasteiger partial charge is 0.452 e.